The van der Waals surface area contributed by atoms with Gasteiger partial charge in [-0.15, -0.1) is 0 Å². The second kappa shape index (κ2) is 10.4. The van der Waals surface area contributed by atoms with Gasteiger partial charge in [-0.05, 0) is 93.0 Å². The average Bonchev–Trinajstić information content (AvgIpc) is 3.83. The molecule has 0 spiro atoms. The number of hydrogen-bond acceptors (Lipinski definition) is 6. The highest BCUT2D eigenvalue weighted by Gasteiger charge is 2.59. The quantitative estimate of drug-likeness (QED) is 0.279. The number of pyridine rings is 1. The summed E-state index contributed by atoms with van der Waals surface area (Å²) in [5.74, 6) is 0.0198. The van der Waals surface area contributed by atoms with E-state index in [9.17, 15) is 22.4 Å². The zero-order valence-corrected chi connectivity index (χ0v) is 23.3. The second-order valence-electron chi connectivity index (χ2n) is 12.0. The van der Waals surface area contributed by atoms with Gasteiger partial charge in [0.15, 0.2) is 22.8 Å². The van der Waals surface area contributed by atoms with Gasteiger partial charge in [-0.25, -0.2) is 9.37 Å². The highest BCUT2D eigenvalue weighted by molar-refractivity contribution is 5.95. The molecule has 3 N–H and O–H groups in total. The van der Waals surface area contributed by atoms with Crippen LogP contribution in [0.15, 0.2) is 48.5 Å². The van der Waals surface area contributed by atoms with Crippen molar-refractivity contribution in [2.75, 3.05) is 13.2 Å². The van der Waals surface area contributed by atoms with Gasteiger partial charge >= 0.3 is 6.18 Å². The van der Waals surface area contributed by atoms with Gasteiger partial charge in [0.05, 0.1) is 12.2 Å². The van der Waals surface area contributed by atoms with Gasteiger partial charge in [0, 0.05) is 34.8 Å². The Balaban J connectivity index is 1.18. The monoisotopic (exact) mass is 597 g/mol. The number of rotatable bonds is 10. The molecule has 3 aliphatic carbocycles. The molecule has 0 bridgehead atoms. The smallest absolute Gasteiger partial charge is 0.414 e. The summed E-state index contributed by atoms with van der Waals surface area (Å²) in [6.07, 6.45) is 1.12. The summed E-state index contributed by atoms with van der Waals surface area (Å²) >= 11 is 0. The van der Waals surface area contributed by atoms with E-state index in [1.807, 2.05) is 0 Å². The molecule has 0 unspecified atom stereocenters. The van der Waals surface area contributed by atoms with Crippen LogP contribution in [0.3, 0.4) is 0 Å². The van der Waals surface area contributed by atoms with Crippen molar-refractivity contribution >= 4 is 5.91 Å². The van der Waals surface area contributed by atoms with E-state index in [2.05, 4.69) is 5.32 Å². The summed E-state index contributed by atoms with van der Waals surface area (Å²) in [5, 5.41) is 2.96. The molecule has 0 radical (unpaired) electrons. The molecule has 1 aromatic heterocycles. The van der Waals surface area contributed by atoms with Crippen molar-refractivity contribution in [2.24, 2.45) is 11.7 Å². The minimum atomic E-state index is -4.78. The molecule has 226 valence electrons. The first-order chi connectivity index (χ1) is 20.6. The fraction of sp³-hybridized carbons (Fsp3) is 0.438. The third kappa shape index (κ3) is 5.62. The molecule has 3 aromatic rings. The average molecular weight is 598 g/mol. The van der Waals surface area contributed by atoms with Gasteiger partial charge in [-0.1, -0.05) is 0 Å². The fourth-order valence-corrected chi connectivity index (χ4v) is 5.41. The molecule has 11 heteroatoms. The maximum absolute atomic E-state index is 14.2. The summed E-state index contributed by atoms with van der Waals surface area (Å²) < 4.78 is 73.8. The maximum Gasteiger partial charge on any atom is 0.414 e. The van der Waals surface area contributed by atoms with Crippen LogP contribution in [0.25, 0.3) is 11.3 Å². The van der Waals surface area contributed by atoms with Crippen LogP contribution in [0.4, 0.5) is 17.6 Å². The highest BCUT2D eigenvalue weighted by Crippen LogP contribution is 2.51. The van der Waals surface area contributed by atoms with Crippen molar-refractivity contribution in [1.29, 1.82) is 0 Å². The van der Waals surface area contributed by atoms with Crippen LogP contribution in [0, 0.1) is 11.7 Å². The van der Waals surface area contributed by atoms with Crippen LogP contribution < -0.4 is 25.3 Å². The lowest BCUT2D eigenvalue weighted by atomic mass is 9.88. The zero-order chi connectivity index (χ0) is 29.9. The molecule has 2 aromatic carbocycles. The number of nitrogens with two attached hydrogens (primary N) is 1. The first-order valence-corrected chi connectivity index (χ1v) is 14.6. The maximum atomic E-state index is 14.2. The molecule has 7 nitrogen and oxygen atoms in total. The van der Waals surface area contributed by atoms with E-state index in [0.29, 0.717) is 28.3 Å². The summed E-state index contributed by atoms with van der Waals surface area (Å²) in [6, 6.07) is 11.8. The summed E-state index contributed by atoms with van der Waals surface area (Å²) in [7, 11) is 0. The molecule has 3 saturated carbocycles. The number of carbonyl (C=O) groups is 1. The van der Waals surface area contributed by atoms with Gasteiger partial charge in [0.25, 0.3) is 5.91 Å². The lowest BCUT2D eigenvalue weighted by Crippen LogP contribution is -2.51. The van der Waals surface area contributed by atoms with E-state index in [0.717, 1.165) is 38.5 Å². The first kappa shape index (κ1) is 27.9. The fourth-order valence-electron chi connectivity index (χ4n) is 5.41. The minimum absolute atomic E-state index is 0.0644. The number of hydrogen-bond donors (Lipinski definition) is 2. The van der Waals surface area contributed by atoms with Crippen LogP contribution in [0.1, 0.15) is 66.1 Å². The van der Waals surface area contributed by atoms with Crippen molar-refractivity contribution in [1.82, 2.24) is 10.3 Å². The number of fused-ring (bicyclic) bond motifs is 1. The number of amides is 1. The zero-order valence-electron chi connectivity index (χ0n) is 23.3. The Labute approximate surface area is 245 Å². The van der Waals surface area contributed by atoms with E-state index < -0.39 is 24.1 Å². The van der Waals surface area contributed by atoms with Gasteiger partial charge in [-0.3, -0.25) is 4.79 Å². The molecule has 43 heavy (non-hydrogen) atoms. The Hall–Kier alpha value is -3.86. The summed E-state index contributed by atoms with van der Waals surface area (Å²) in [6.45, 7) is -0.635. The lowest BCUT2D eigenvalue weighted by molar-refractivity contribution is -0.191. The number of alkyl halides is 3. The van der Waals surface area contributed by atoms with Crippen LogP contribution in [0.2, 0.25) is 0 Å². The second-order valence-corrected chi connectivity index (χ2v) is 12.0. The Bertz CT molecular complexity index is 1550. The predicted octanol–water partition coefficient (Wildman–Crippen LogP) is 6.00. The summed E-state index contributed by atoms with van der Waals surface area (Å²) in [5.41, 5.74) is 4.34. The van der Waals surface area contributed by atoms with Crippen LogP contribution in [0.5, 0.6) is 17.2 Å². The van der Waals surface area contributed by atoms with Crippen molar-refractivity contribution in [3.8, 4) is 28.5 Å². The highest BCUT2D eigenvalue weighted by atomic mass is 19.4. The molecular formula is C32H31F4N3O4. The topological polar surface area (TPSA) is 95.7 Å². The van der Waals surface area contributed by atoms with E-state index in [4.69, 9.17) is 24.9 Å². The van der Waals surface area contributed by atoms with Crippen LogP contribution in [-0.2, 0) is 5.54 Å². The number of halogens is 4. The van der Waals surface area contributed by atoms with E-state index in [1.54, 1.807) is 18.2 Å². The van der Waals surface area contributed by atoms with E-state index in [1.165, 1.54) is 30.3 Å². The van der Waals surface area contributed by atoms with Crippen LogP contribution >= 0.6 is 0 Å². The number of aromatic nitrogens is 1. The SMILES string of the molecule is N[C@@]1(C(F)(F)F)COc2c1cc([C@@H](CNC(=O)c1ccc(OC3CC3)c(OC3CC3)c1)C1CC1)nc2-c1ccc(F)cc1. The van der Waals surface area contributed by atoms with Crippen molar-refractivity contribution in [3.63, 3.8) is 0 Å². The lowest BCUT2D eigenvalue weighted by Gasteiger charge is -2.27. The number of benzene rings is 2. The Morgan fingerprint density at radius 2 is 1.67 bits per heavy atom. The summed E-state index contributed by atoms with van der Waals surface area (Å²) in [4.78, 5) is 18.1. The first-order valence-electron chi connectivity index (χ1n) is 14.6. The Kier molecular flexibility index (Phi) is 6.76. The van der Waals surface area contributed by atoms with Gasteiger partial charge < -0.3 is 25.3 Å². The molecule has 4 aliphatic rings. The van der Waals surface area contributed by atoms with Crippen molar-refractivity contribution in [2.45, 2.75) is 68.4 Å². The van der Waals surface area contributed by atoms with E-state index in [-0.39, 0.29) is 53.5 Å². The molecule has 1 aliphatic heterocycles. The molecule has 2 atom stereocenters. The normalized spacial score (nSPS) is 22.0. The molecule has 1 amide bonds. The largest absolute Gasteiger partial charge is 0.488 e. The van der Waals surface area contributed by atoms with Crippen LogP contribution in [-0.4, -0.2) is 42.4 Å². The third-order valence-electron chi connectivity index (χ3n) is 8.44. The van der Waals surface area contributed by atoms with Gasteiger partial charge in [0.2, 0.25) is 0 Å². The number of ether oxygens (including phenoxy) is 3. The van der Waals surface area contributed by atoms with Gasteiger partial charge in [-0.2, -0.15) is 13.2 Å². The number of carbonyl (C=O) groups excluding carboxylic acids is 1. The van der Waals surface area contributed by atoms with Crippen molar-refractivity contribution < 1.29 is 36.6 Å². The van der Waals surface area contributed by atoms with Gasteiger partial charge in [0.1, 0.15) is 18.1 Å². The molecule has 7 rings (SSSR count). The number of nitrogens with one attached hydrogen (secondary N) is 1. The molecule has 3 fully saturated rings. The van der Waals surface area contributed by atoms with E-state index >= 15 is 0 Å². The van der Waals surface area contributed by atoms with Crippen molar-refractivity contribution in [3.05, 3.63) is 71.2 Å². The molecule has 0 saturated heterocycles. The molecular weight excluding hydrogens is 566 g/mol. The Morgan fingerprint density at radius 1 is 1.00 bits per heavy atom. The minimum Gasteiger partial charge on any atom is -0.488 e. The predicted molar refractivity (Wildman–Crippen MR) is 149 cm³/mol. The molecule has 2 heterocycles. The Morgan fingerprint density at radius 3 is 2.30 bits per heavy atom. The standard InChI is InChI=1S/C32H31F4N3O4/c33-20-6-3-18(4-7-20)28-29-24(31(37,16-41-29)32(34,35)36)14-25(39-28)23(17-1-2-17)15-38-30(40)19-5-12-26(42-21-8-9-21)27(13-19)43-22-10-11-22/h3-7,12-14,17,21-23H,1-2,8-11,15-16,37H2,(H,38,40)/t23-,31-/m0/s1. The number of nitrogens with zero attached hydrogens (tertiary/aromatic N) is 1. The third-order valence-corrected chi connectivity index (χ3v) is 8.44.